The predicted molar refractivity (Wildman–Crippen MR) is 69.6 cm³/mol. The summed E-state index contributed by atoms with van der Waals surface area (Å²) in [4.78, 5) is 0. The first kappa shape index (κ1) is 11.7. The van der Waals surface area contributed by atoms with Gasteiger partial charge in [-0.1, -0.05) is 44.0 Å². The maximum Gasteiger partial charge on any atom is -0.00367 e. The van der Waals surface area contributed by atoms with Gasteiger partial charge >= 0.3 is 0 Å². The van der Waals surface area contributed by atoms with Gasteiger partial charge in [0.15, 0.2) is 0 Å². The number of hydrogen-bond donors (Lipinski definition) is 1. The maximum atomic E-state index is 5.56. The molecule has 0 bridgehead atoms. The van der Waals surface area contributed by atoms with Crippen molar-refractivity contribution in [1.29, 1.82) is 0 Å². The minimum atomic E-state index is 0.750. The van der Waals surface area contributed by atoms with Crippen LogP contribution in [0.15, 0.2) is 24.3 Å². The Kier molecular flexibility index (Phi) is 4.00. The maximum absolute atomic E-state index is 5.56. The molecule has 2 N–H and O–H groups in total. The van der Waals surface area contributed by atoms with Gasteiger partial charge in [0.05, 0.1) is 0 Å². The van der Waals surface area contributed by atoms with E-state index in [9.17, 15) is 0 Å². The predicted octanol–water partition coefficient (Wildman–Crippen LogP) is 3.48. The summed E-state index contributed by atoms with van der Waals surface area (Å²) in [7, 11) is 0. The summed E-state index contributed by atoms with van der Waals surface area (Å²) >= 11 is 0. The van der Waals surface area contributed by atoms with Crippen LogP contribution < -0.4 is 5.73 Å². The highest BCUT2D eigenvalue weighted by Gasteiger charge is 2.19. The van der Waals surface area contributed by atoms with Crippen molar-refractivity contribution < 1.29 is 0 Å². The van der Waals surface area contributed by atoms with E-state index in [0.717, 1.165) is 24.8 Å². The van der Waals surface area contributed by atoms with Gasteiger partial charge in [0.1, 0.15) is 0 Å². The van der Waals surface area contributed by atoms with Crippen molar-refractivity contribution in [2.45, 2.75) is 44.9 Å². The zero-order valence-corrected chi connectivity index (χ0v) is 10.3. The van der Waals surface area contributed by atoms with Crippen LogP contribution in [0.2, 0.25) is 0 Å². The van der Waals surface area contributed by atoms with E-state index in [-0.39, 0.29) is 0 Å². The van der Waals surface area contributed by atoms with Crippen molar-refractivity contribution in [2.24, 2.45) is 11.7 Å². The zero-order valence-electron chi connectivity index (χ0n) is 10.3. The van der Waals surface area contributed by atoms with E-state index < -0.39 is 0 Å². The van der Waals surface area contributed by atoms with Crippen LogP contribution in [0.4, 0.5) is 0 Å². The Labute approximate surface area is 99.0 Å². The molecule has 0 atom stereocenters. The van der Waals surface area contributed by atoms with E-state index in [4.69, 9.17) is 5.73 Å². The molecule has 0 unspecified atom stereocenters. The molecule has 1 aliphatic rings. The van der Waals surface area contributed by atoms with Gasteiger partial charge in [-0.3, -0.25) is 0 Å². The molecule has 2 rings (SSSR count). The largest absolute Gasteiger partial charge is 0.330 e. The monoisotopic (exact) mass is 217 g/mol. The summed E-state index contributed by atoms with van der Waals surface area (Å²) in [5, 5.41) is 0. The second kappa shape index (κ2) is 5.49. The summed E-state index contributed by atoms with van der Waals surface area (Å²) < 4.78 is 0. The lowest BCUT2D eigenvalue weighted by Gasteiger charge is -2.26. The fourth-order valence-corrected chi connectivity index (χ4v) is 2.72. The number of hydrogen-bond acceptors (Lipinski definition) is 1. The SMILES string of the molecule is CC1CCC(c2ccc(CCN)cc2)CC1. The lowest BCUT2D eigenvalue weighted by molar-refractivity contribution is 0.348. The lowest BCUT2D eigenvalue weighted by Crippen LogP contribution is -2.11. The average Bonchev–Trinajstić information content (AvgIpc) is 2.32. The van der Waals surface area contributed by atoms with Crippen LogP contribution in [0.5, 0.6) is 0 Å². The van der Waals surface area contributed by atoms with Crippen molar-refractivity contribution in [1.82, 2.24) is 0 Å². The summed E-state index contributed by atoms with van der Waals surface area (Å²) in [5.41, 5.74) is 8.46. The summed E-state index contributed by atoms with van der Waals surface area (Å²) in [5.74, 6) is 1.75. The fourth-order valence-electron chi connectivity index (χ4n) is 2.72. The van der Waals surface area contributed by atoms with Gasteiger partial charge in [0.2, 0.25) is 0 Å². The molecule has 1 aliphatic carbocycles. The lowest BCUT2D eigenvalue weighted by atomic mass is 9.79. The van der Waals surface area contributed by atoms with E-state index >= 15 is 0 Å². The first-order chi connectivity index (χ1) is 7.79. The van der Waals surface area contributed by atoms with Crippen molar-refractivity contribution >= 4 is 0 Å². The van der Waals surface area contributed by atoms with Crippen molar-refractivity contribution in [3.8, 4) is 0 Å². The quantitative estimate of drug-likeness (QED) is 0.824. The van der Waals surface area contributed by atoms with Crippen LogP contribution in [0, 0.1) is 5.92 Å². The smallest absolute Gasteiger partial charge is 0.00367 e. The molecule has 16 heavy (non-hydrogen) atoms. The van der Waals surface area contributed by atoms with E-state index in [1.54, 1.807) is 0 Å². The molecule has 0 saturated heterocycles. The summed E-state index contributed by atoms with van der Waals surface area (Å²) in [6.45, 7) is 3.13. The Hall–Kier alpha value is -0.820. The molecule has 0 heterocycles. The third kappa shape index (κ3) is 2.85. The van der Waals surface area contributed by atoms with Crippen LogP contribution in [0.1, 0.15) is 49.7 Å². The molecule has 0 radical (unpaired) electrons. The van der Waals surface area contributed by atoms with Crippen LogP contribution in [0.25, 0.3) is 0 Å². The van der Waals surface area contributed by atoms with Gasteiger partial charge in [-0.25, -0.2) is 0 Å². The van der Waals surface area contributed by atoms with E-state index in [0.29, 0.717) is 0 Å². The molecule has 1 heteroatoms. The van der Waals surface area contributed by atoms with Crippen LogP contribution in [0.3, 0.4) is 0 Å². The highest BCUT2D eigenvalue weighted by Crippen LogP contribution is 2.35. The van der Waals surface area contributed by atoms with Crippen molar-refractivity contribution in [2.75, 3.05) is 6.54 Å². The molecule has 1 nitrogen and oxygen atoms in total. The second-order valence-corrected chi connectivity index (χ2v) is 5.24. The number of rotatable bonds is 3. The number of nitrogens with two attached hydrogens (primary N) is 1. The first-order valence-electron chi connectivity index (χ1n) is 6.58. The Balaban J connectivity index is 1.98. The Morgan fingerprint density at radius 3 is 2.25 bits per heavy atom. The zero-order chi connectivity index (χ0) is 11.4. The van der Waals surface area contributed by atoms with Gasteiger partial charge in [0.25, 0.3) is 0 Å². The Bertz CT molecular complexity index is 307. The minimum Gasteiger partial charge on any atom is -0.330 e. The van der Waals surface area contributed by atoms with Crippen LogP contribution >= 0.6 is 0 Å². The third-order valence-electron chi connectivity index (χ3n) is 3.90. The molecular weight excluding hydrogens is 194 g/mol. The Morgan fingerprint density at radius 2 is 1.69 bits per heavy atom. The molecule has 0 amide bonds. The fraction of sp³-hybridized carbons (Fsp3) is 0.600. The third-order valence-corrected chi connectivity index (χ3v) is 3.90. The Morgan fingerprint density at radius 1 is 1.06 bits per heavy atom. The first-order valence-corrected chi connectivity index (χ1v) is 6.58. The van der Waals surface area contributed by atoms with Crippen LogP contribution in [-0.2, 0) is 6.42 Å². The van der Waals surface area contributed by atoms with Gasteiger partial charge in [0, 0.05) is 0 Å². The average molecular weight is 217 g/mol. The molecule has 0 aromatic heterocycles. The summed E-state index contributed by atoms with van der Waals surface area (Å²) in [6.07, 6.45) is 6.54. The molecule has 1 fully saturated rings. The normalized spacial score (nSPS) is 25.6. The van der Waals surface area contributed by atoms with Gasteiger partial charge in [-0.2, -0.15) is 0 Å². The molecule has 0 aliphatic heterocycles. The molecular formula is C15H23N. The van der Waals surface area contributed by atoms with Gasteiger partial charge in [-0.15, -0.1) is 0 Å². The van der Waals surface area contributed by atoms with Crippen molar-refractivity contribution in [3.63, 3.8) is 0 Å². The highest BCUT2D eigenvalue weighted by molar-refractivity contribution is 5.26. The van der Waals surface area contributed by atoms with Gasteiger partial charge in [-0.05, 0) is 48.8 Å². The van der Waals surface area contributed by atoms with Crippen LogP contribution in [-0.4, -0.2) is 6.54 Å². The van der Waals surface area contributed by atoms with E-state index in [1.165, 1.54) is 36.8 Å². The number of benzene rings is 1. The molecule has 88 valence electrons. The van der Waals surface area contributed by atoms with Gasteiger partial charge < -0.3 is 5.73 Å². The molecule has 1 saturated carbocycles. The van der Waals surface area contributed by atoms with Crippen molar-refractivity contribution in [3.05, 3.63) is 35.4 Å². The van der Waals surface area contributed by atoms with E-state index in [2.05, 4.69) is 31.2 Å². The summed E-state index contributed by atoms with van der Waals surface area (Å²) in [6, 6.07) is 9.12. The topological polar surface area (TPSA) is 26.0 Å². The second-order valence-electron chi connectivity index (χ2n) is 5.24. The standard InChI is InChI=1S/C15H23N/c1-12-2-6-14(7-3-12)15-8-4-13(5-9-15)10-11-16/h4-5,8-9,12,14H,2-3,6-7,10-11,16H2,1H3. The molecule has 1 aromatic rings. The highest BCUT2D eigenvalue weighted by atomic mass is 14.5. The molecule has 1 aromatic carbocycles. The van der Waals surface area contributed by atoms with E-state index in [1.807, 2.05) is 0 Å². The minimum absolute atomic E-state index is 0.750. The molecule has 0 spiro atoms.